The van der Waals surface area contributed by atoms with E-state index < -0.39 is 55.9 Å². The van der Waals surface area contributed by atoms with Gasteiger partial charge in [0.05, 0.1) is 13.2 Å². The molecule has 2 unspecified atom stereocenters. The van der Waals surface area contributed by atoms with E-state index in [4.69, 9.17) is 23.3 Å². The van der Waals surface area contributed by atoms with Crippen molar-refractivity contribution >= 4 is 13.7 Å². The normalized spacial score (nSPS) is 22.1. The van der Waals surface area contributed by atoms with E-state index in [1.54, 1.807) is 0 Å². The fourth-order valence-corrected chi connectivity index (χ4v) is 4.74. The number of nitrogens with one attached hydrogen (secondary N) is 2. The van der Waals surface area contributed by atoms with Crippen molar-refractivity contribution in [3.63, 3.8) is 0 Å². The summed E-state index contributed by atoms with van der Waals surface area (Å²) in [5.74, 6) is -0.764. The zero-order valence-corrected chi connectivity index (χ0v) is 20.6. The summed E-state index contributed by atoms with van der Waals surface area (Å²) in [6.45, 7) is 2.83. The van der Waals surface area contributed by atoms with E-state index in [1.807, 2.05) is 0 Å². The van der Waals surface area contributed by atoms with E-state index in [-0.39, 0.29) is 19.0 Å². The summed E-state index contributed by atoms with van der Waals surface area (Å²) in [6, 6.07) is 3.70. The third-order valence-electron chi connectivity index (χ3n) is 5.47. The van der Waals surface area contributed by atoms with Crippen LogP contribution < -0.4 is 20.9 Å². The second-order valence-corrected chi connectivity index (χ2v) is 10.3. The van der Waals surface area contributed by atoms with E-state index in [1.165, 1.54) is 36.7 Å². The number of hydrogen-bond donors (Lipinski definition) is 2. The molecule has 196 valence electrons. The highest BCUT2D eigenvalue weighted by molar-refractivity contribution is 7.52. The van der Waals surface area contributed by atoms with Crippen LogP contribution in [0, 0.1) is 18.7 Å². The lowest BCUT2D eigenvalue weighted by Gasteiger charge is -2.24. The number of ether oxygens (including phenoxy) is 3. The van der Waals surface area contributed by atoms with Gasteiger partial charge in [0.25, 0.3) is 5.56 Å². The molecule has 1 saturated carbocycles. The summed E-state index contributed by atoms with van der Waals surface area (Å²) in [7, 11) is -4.22. The van der Waals surface area contributed by atoms with Crippen LogP contribution in [0.1, 0.15) is 31.6 Å². The fraction of sp³-hybridized carbons (Fsp3) is 0.500. The fourth-order valence-electron chi connectivity index (χ4n) is 3.26. The van der Waals surface area contributed by atoms with Crippen LogP contribution in [0.4, 0.5) is 4.39 Å². The van der Waals surface area contributed by atoms with Crippen LogP contribution in [-0.2, 0) is 28.1 Å². The van der Waals surface area contributed by atoms with E-state index in [2.05, 4.69) is 10.1 Å². The highest BCUT2D eigenvalue weighted by atomic mass is 31.2. The van der Waals surface area contributed by atoms with E-state index in [0.29, 0.717) is 11.5 Å². The Morgan fingerprint density at radius 3 is 2.69 bits per heavy atom. The van der Waals surface area contributed by atoms with Crippen LogP contribution in [0.5, 0.6) is 5.75 Å². The van der Waals surface area contributed by atoms with Gasteiger partial charge in [0.1, 0.15) is 24.2 Å². The maximum absolute atomic E-state index is 13.5. The van der Waals surface area contributed by atoms with Crippen molar-refractivity contribution in [2.75, 3.05) is 19.8 Å². The van der Waals surface area contributed by atoms with Crippen LogP contribution in [-0.4, -0.2) is 47.7 Å². The first kappa shape index (κ1) is 26.2. The molecule has 2 aliphatic rings. The van der Waals surface area contributed by atoms with E-state index in [0.717, 1.165) is 25.0 Å². The molecule has 2 fully saturated rings. The van der Waals surface area contributed by atoms with Crippen molar-refractivity contribution in [2.45, 2.75) is 45.2 Å². The molecular formula is C22H27FN3O9P. The minimum absolute atomic E-state index is 0.0344. The smallest absolute Gasteiger partial charge is 0.459 e. The highest BCUT2D eigenvalue weighted by Crippen LogP contribution is 2.45. The van der Waals surface area contributed by atoms with Crippen molar-refractivity contribution < 1.29 is 37.0 Å². The molecule has 1 aliphatic carbocycles. The van der Waals surface area contributed by atoms with Crippen LogP contribution in [0.2, 0.25) is 0 Å². The summed E-state index contributed by atoms with van der Waals surface area (Å²) in [5.41, 5.74) is -0.877. The minimum Gasteiger partial charge on any atom is -0.464 e. The van der Waals surface area contributed by atoms with Crippen molar-refractivity contribution in [1.82, 2.24) is 14.6 Å². The molecule has 1 saturated heterocycles. The number of hydrogen-bond acceptors (Lipinski definition) is 9. The van der Waals surface area contributed by atoms with Crippen LogP contribution in [0.25, 0.3) is 0 Å². The Morgan fingerprint density at radius 2 is 2.00 bits per heavy atom. The Balaban J connectivity index is 1.41. The van der Waals surface area contributed by atoms with Crippen molar-refractivity contribution in [1.29, 1.82) is 0 Å². The molecule has 2 aromatic rings. The van der Waals surface area contributed by atoms with Crippen molar-refractivity contribution in [3.8, 4) is 5.75 Å². The molecule has 4 atom stereocenters. The third-order valence-corrected chi connectivity index (χ3v) is 7.12. The van der Waals surface area contributed by atoms with Gasteiger partial charge in [0.15, 0.2) is 12.5 Å². The van der Waals surface area contributed by atoms with Crippen molar-refractivity contribution in [2.24, 2.45) is 5.92 Å². The summed E-state index contributed by atoms with van der Waals surface area (Å²) in [6.07, 6.45) is 1.44. The van der Waals surface area contributed by atoms with Crippen LogP contribution in [0.15, 0.2) is 40.1 Å². The quantitative estimate of drug-likeness (QED) is 0.328. The molecule has 12 nitrogen and oxygen atoms in total. The molecule has 1 aromatic carbocycles. The Bertz CT molecular complexity index is 1240. The lowest BCUT2D eigenvalue weighted by Crippen LogP contribution is -2.36. The second-order valence-electron chi connectivity index (χ2n) is 8.59. The van der Waals surface area contributed by atoms with Crippen LogP contribution >= 0.6 is 7.75 Å². The largest absolute Gasteiger partial charge is 0.464 e. The Labute approximate surface area is 205 Å². The van der Waals surface area contributed by atoms with E-state index in [9.17, 15) is 23.3 Å². The first-order chi connectivity index (χ1) is 17.1. The monoisotopic (exact) mass is 527 g/mol. The maximum atomic E-state index is 13.5. The Morgan fingerprint density at radius 1 is 1.28 bits per heavy atom. The lowest BCUT2D eigenvalue weighted by atomic mass is 10.3. The molecular weight excluding hydrogens is 500 g/mol. The predicted molar refractivity (Wildman–Crippen MR) is 123 cm³/mol. The number of rotatable bonds is 11. The van der Waals surface area contributed by atoms with Gasteiger partial charge in [-0.2, -0.15) is 5.09 Å². The van der Waals surface area contributed by atoms with Gasteiger partial charge < -0.3 is 18.7 Å². The summed E-state index contributed by atoms with van der Waals surface area (Å²) in [5, 5.41) is 2.53. The minimum atomic E-state index is -4.22. The van der Waals surface area contributed by atoms with Gasteiger partial charge in [-0.15, -0.1) is 0 Å². The highest BCUT2D eigenvalue weighted by Gasteiger charge is 2.36. The van der Waals surface area contributed by atoms with Gasteiger partial charge in [-0.05, 0) is 56.9 Å². The molecule has 4 rings (SSSR count). The number of carbonyl (C=O) groups excluding carboxylic acids is 1. The average molecular weight is 527 g/mol. The van der Waals surface area contributed by atoms with Gasteiger partial charge in [0, 0.05) is 11.8 Å². The average Bonchev–Trinajstić information content (AvgIpc) is 3.55. The number of carbonyl (C=O) groups is 1. The molecule has 1 aliphatic heterocycles. The number of H-pyrrole nitrogens is 1. The van der Waals surface area contributed by atoms with Crippen molar-refractivity contribution in [3.05, 3.63) is 62.7 Å². The SMILES string of the molecule is Cc1cn([C@H]2CO[C@@H](COP(=O)(NC(C)C(=O)OCC3CC3)Oc3ccc(F)cc3)O2)c(=O)[nH]c1=O. The molecule has 14 heteroatoms. The number of aromatic nitrogens is 2. The van der Waals surface area contributed by atoms with Gasteiger partial charge in [-0.1, -0.05) is 0 Å². The predicted octanol–water partition coefficient (Wildman–Crippen LogP) is 1.99. The molecule has 36 heavy (non-hydrogen) atoms. The van der Waals surface area contributed by atoms with Gasteiger partial charge in [-0.3, -0.25) is 23.7 Å². The summed E-state index contributed by atoms with van der Waals surface area (Å²) >= 11 is 0. The number of halogens is 1. The molecule has 0 bridgehead atoms. The number of benzene rings is 1. The number of nitrogens with zero attached hydrogens (tertiary/aromatic N) is 1. The number of aryl methyl sites for hydroxylation is 1. The first-order valence-corrected chi connectivity index (χ1v) is 12.9. The maximum Gasteiger partial charge on any atom is 0.459 e. The molecule has 2 N–H and O–H groups in total. The zero-order chi connectivity index (χ0) is 25.9. The second kappa shape index (κ2) is 11.1. The van der Waals surface area contributed by atoms with Crippen LogP contribution in [0.3, 0.4) is 0 Å². The first-order valence-electron chi connectivity index (χ1n) is 11.4. The molecule has 0 spiro atoms. The lowest BCUT2D eigenvalue weighted by molar-refractivity contribution is -0.145. The Hall–Kier alpha value is -2.83. The molecule has 2 heterocycles. The van der Waals surface area contributed by atoms with E-state index >= 15 is 0 Å². The van der Waals surface area contributed by atoms with Gasteiger partial charge in [0.2, 0.25) is 0 Å². The number of esters is 1. The standard InChI is InChI=1S/C22H27FN3O9P/c1-13-9-26(22(29)24-20(13)27)18-11-31-19(34-18)12-33-36(30,35-17-7-5-16(23)6-8-17)25-14(2)21(28)32-10-15-3-4-15/h5-9,14-15,18-19H,3-4,10-12H2,1-2H3,(H,25,30)(H,24,27,29)/t14?,18-,19-,36?/m1/s1. The molecule has 0 radical (unpaired) electrons. The third kappa shape index (κ3) is 6.89. The molecule has 1 aromatic heterocycles. The number of aromatic amines is 1. The molecule has 0 amide bonds. The van der Waals surface area contributed by atoms with Gasteiger partial charge in [-0.25, -0.2) is 13.8 Å². The zero-order valence-electron chi connectivity index (χ0n) is 19.7. The Kier molecular flexibility index (Phi) is 8.06. The summed E-state index contributed by atoms with van der Waals surface area (Å²) in [4.78, 5) is 38.2. The van der Waals surface area contributed by atoms with Gasteiger partial charge >= 0.3 is 19.4 Å². The summed E-state index contributed by atoms with van der Waals surface area (Å²) < 4.78 is 55.3. The topological polar surface area (TPSA) is 147 Å².